The first-order valence-corrected chi connectivity index (χ1v) is 12.9. The Morgan fingerprint density at radius 3 is 1.84 bits per heavy atom. The maximum Gasteiger partial charge on any atom is 0.0541 e. The lowest BCUT2D eigenvalue weighted by atomic mass is 10.1. The van der Waals surface area contributed by atoms with Crippen LogP contribution in [0.2, 0.25) is 0 Å². The molecule has 0 aliphatic rings. The van der Waals surface area contributed by atoms with E-state index >= 15 is 0 Å². The van der Waals surface area contributed by atoms with E-state index in [2.05, 4.69) is 156 Å². The van der Waals surface area contributed by atoms with Gasteiger partial charge in [0.05, 0.1) is 11.0 Å². The summed E-state index contributed by atoms with van der Waals surface area (Å²) in [6.07, 6.45) is 1.89. The highest BCUT2D eigenvalue weighted by Gasteiger charge is 2.16. The number of para-hydroxylation sites is 3. The number of nitrogens with zero attached hydrogens (tertiary/aromatic N) is 2. The summed E-state index contributed by atoms with van der Waals surface area (Å²) in [6.45, 7) is 3.92. The topological polar surface area (TPSA) is 8.17 Å². The van der Waals surface area contributed by atoms with Gasteiger partial charge in [-0.25, -0.2) is 0 Å². The summed E-state index contributed by atoms with van der Waals surface area (Å²) in [5.74, 6) is 0. The van der Waals surface area contributed by atoms with Crippen molar-refractivity contribution in [3.05, 3.63) is 152 Å². The second-order valence-corrected chi connectivity index (χ2v) is 9.56. The van der Waals surface area contributed by atoms with E-state index in [1.165, 1.54) is 32.6 Å². The molecule has 7 aromatic rings. The average Bonchev–Trinajstić information content (AvgIpc) is 3.32. The molecule has 0 saturated heterocycles. The summed E-state index contributed by atoms with van der Waals surface area (Å²) in [5.41, 5.74) is 8.03. The first-order chi connectivity index (χ1) is 18.8. The standard InChI is InChI=1S/C36H26N2/c1-2-26-19-20-28-24-32(22-21-27(28)23-26)37(29-11-4-3-5-12-29)30-13-10-14-31(25-30)38-35-17-8-6-15-33(35)34-16-7-9-18-36(34)38/h2-25H,1H2. The van der Waals surface area contributed by atoms with Crippen molar-refractivity contribution in [2.75, 3.05) is 4.90 Å². The molecule has 0 N–H and O–H groups in total. The predicted octanol–water partition coefficient (Wildman–Crippen LogP) is 10.0. The molecular formula is C36H26N2. The van der Waals surface area contributed by atoms with Gasteiger partial charge in [-0.05, 0) is 77.0 Å². The Kier molecular flexibility index (Phi) is 5.30. The summed E-state index contributed by atoms with van der Waals surface area (Å²) in [5, 5.41) is 4.94. The molecule has 0 aliphatic carbocycles. The predicted molar refractivity (Wildman–Crippen MR) is 163 cm³/mol. The van der Waals surface area contributed by atoms with E-state index in [0.29, 0.717) is 0 Å². The van der Waals surface area contributed by atoms with Crippen LogP contribution < -0.4 is 4.90 Å². The van der Waals surface area contributed by atoms with Crippen molar-refractivity contribution in [1.29, 1.82) is 0 Å². The van der Waals surface area contributed by atoms with Gasteiger partial charge in [-0.1, -0.05) is 91.5 Å². The van der Waals surface area contributed by atoms with Crippen LogP contribution in [0.3, 0.4) is 0 Å². The fraction of sp³-hybridized carbons (Fsp3) is 0. The molecule has 180 valence electrons. The van der Waals surface area contributed by atoms with Crippen molar-refractivity contribution in [3.8, 4) is 5.69 Å². The van der Waals surface area contributed by atoms with Crippen molar-refractivity contribution in [3.63, 3.8) is 0 Å². The number of hydrogen-bond acceptors (Lipinski definition) is 1. The van der Waals surface area contributed by atoms with Gasteiger partial charge in [-0.3, -0.25) is 0 Å². The Morgan fingerprint density at radius 1 is 0.500 bits per heavy atom. The third-order valence-corrected chi connectivity index (χ3v) is 7.28. The fourth-order valence-electron chi connectivity index (χ4n) is 5.51. The molecule has 1 heterocycles. The Bertz CT molecular complexity index is 1890. The molecular weight excluding hydrogens is 460 g/mol. The van der Waals surface area contributed by atoms with Gasteiger partial charge in [0.2, 0.25) is 0 Å². The minimum atomic E-state index is 1.11. The van der Waals surface area contributed by atoms with Gasteiger partial charge in [-0.15, -0.1) is 0 Å². The number of hydrogen-bond donors (Lipinski definition) is 0. The molecule has 0 bridgehead atoms. The molecule has 0 atom stereocenters. The lowest BCUT2D eigenvalue weighted by Gasteiger charge is -2.26. The molecule has 0 saturated carbocycles. The first kappa shape index (κ1) is 22.1. The smallest absolute Gasteiger partial charge is 0.0541 e. The third kappa shape index (κ3) is 3.66. The summed E-state index contributed by atoms with van der Waals surface area (Å²) in [4.78, 5) is 2.33. The van der Waals surface area contributed by atoms with Gasteiger partial charge in [0.15, 0.2) is 0 Å². The monoisotopic (exact) mass is 486 g/mol. The molecule has 0 amide bonds. The van der Waals surface area contributed by atoms with Crippen LogP contribution in [0.4, 0.5) is 17.1 Å². The maximum atomic E-state index is 3.92. The summed E-state index contributed by atoms with van der Waals surface area (Å²) in [7, 11) is 0. The summed E-state index contributed by atoms with van der Waals surface area (Å²) < 4.78 is 2.37. The molecule has 2 heteroatoms. The highest BCUT2D eigenvalue weighted by molar-refractivity contribution is 6.09. The van der Waals surface area contributed by atoms with Crippen LogP contribution in [0, 0.1) is 0 Å². The zero-order chi connectivity index (χ0) is 25.5. The van der Waals surface area contributed by atoms with Crippen LogP contribution in [-0.4, -0.2) is 4.57 Å². The van der Waals surface area contributed by atoms with Gasteiger partial charge in [-0.2, -0.15) is 0 Å². The lowest BCUT2D eigenvalue weighted by molar-refractivity contribution is 1.17. The van der Waals surface area contributed by atoms with Gasteiger partial charge >= 0.3 is 0 Å². The van der Waals surface area contributed by atoms with E-state index < -0.39 is 0 Å². The highest BCUT2D eigenvalue weighted by Crippen LogP contribution is 2.38. The SMILES string of the molecule is C=Cc1ccc2cc(N(c3ccccc3)c3cccc(-n4c5ccccc5c5ccccc54)c3)ccc2c1. The summed E-state index contributed by atoms with van der Waals surface area (Å²) >= 11 is 0. The molecule has 0 unspecified atom stereocenters. The van der Waals surface area contributed by atoms with Gasteiger partial charge in [0.25, 0.3) is 0 Å². The van der Waals surface area contributed by atoms with Gasteiger partial charge in [0.1, 0.15) is 0 Å². The van der Waals surface area contributed by atoms with Crippen LogP contribution in [0.25, 0.3) is 44.3 Å². The van der Waals surface area contributed by atoms with E-state index in [1.807, 2.05) is 6.08 Å². The van der Waals surface area contributed by atoms with Crippen LogP contribution >= 0.6 is 0 Å². The Labute approximate surface area is 222 Å². The van der Waals surface area contributed by atoms with Gasteiger partial charge in [0, 0.05) is 33.5 Å². The fourth-order valence-corrected chi connectivity index (χ4v) is 5.51. The van der Waals surface area contributed by atoms with E-state index in [-0.39, 0.29) is 0 Å². The Morgan fingerprint density at radius 2 is 1.11 bits per heavy atom. The zero-order valence-corrected chi connectivity index (χ0v) is 21.0. The van der Waals surface area contributed by atoms with Gasteiger partial charge < -0.3 is 9.47 Å². The van der Waals surface area contributed by atoms with Crippen molar-refractivity contribution < 1.29 is 0 Å². The number of benzene rings is 6. The van der Waals surface area contributed by atoms with Crippen LogP contribution in [-0.2, 0) is 0 Å². The second kappa shape index (κ2) is 9.10. The quantitative estimate of drug-likeness (QED) is 0.235. The zero-order valence-electron chi connectivity index (χ0n) is 21.0. The van der Waals surface area contributed by atoms with E-state index in [9.17, 15) is 0 Å². The molecule has 38 heavy (non-hydrogen) atoms. The van der Waals surface area contributed by atoms with Crippen molar-refractivity contribution >= 4 is 55.7 Å². The van der Waals surface area contributed by atoms with Crippen LogP contribution in [0.1, 0.15) is 5.56 Å². The molecule has 2 nitrogen and oxygen atoms in total. The lowest BCUT2D eigenvalue weighted by Crippen LogP contribution is -2.10. The number of aromatic nitrogens is 1. The van der Waals surface area contributed by atoms with E-state index in [1.54, 1.807) is 0 Å². The molecule has 7 rings (SSSR count). The second-order valence-electron chi connectivity index (χ2n) is 9.56. The average molecular weight is 487 g/mol. The third-order valence-electron chi connectivity index (χ3n) is 7.28. The van der Waals surface area contributed by atoms with E-state index in [0.717, 1.165) is 28.3 Å². The largest absolute Gasteiger partial charge is 0.310 e. The molecule has 0 spiro atoms. The summed E-state index contributed by atoms with van der Waals surface area (Å²) in [6, 6.07) is 49.8. The molecule has 1 aromatic heterocycles. The number of fused-ring (bicyclic) bond motifs is 4. The molecule has 0 fully saturated rings. The minimum Gasteiger partial charge on any atom is -0.310 e. The van der Waals surface area contributed by atoms with Crippen molar-refractivity contribution in [2.24, 2.45) is 0 Å². The maximum absolute atomic E-state index is 3.92. The minimum absolute atomic E-state index is 1.11. The van der Waals surface area contributed by atoms with E-state index in [4.69, 9.17) is 0 Å². The normalized spacial score (nSPS) is 11.3. The van der Waals surface area contributed by atoms with Crippen molar-refractivity contribution in [1.82, 2.24) is 4.57 Å². The Balaban J connectivity index is 1.43. The molecule has 6 aromatic carbocycles. The number of rotatable bonds is 5. The number of anilines is 3. The molecule has 0 radical (unpaired) electrons. The van der Waals surface area contributed by atoms with Crippen LogP contribution in [0.5, 0.6) is 0 Å². The highest BCUT2D eigenvalue weighted by atomic mass is 15.1. The first-order valence-electron chi connectivity index (χ1n) is 12.9. The van der Waals surface area contributed by atoms with Crippen molar-refractivity contribution in [2.45, 2.75) is 0 Å². The molecule has 0 aliphatic heterocycles. The van der Waals surface area contributed by atoms with Crippen LogP contribution in [0.15, 0.2) is 146 Å². The Hall–Kier alpha value is -5.08.